The van der Waals surface area contributed by atoms with Crippen LogP contribution in [0.1, 0.15) is 155 Å². The van der Waals surface area contributed by atoms with E-state index in [1.807, 2.05) is 31.1 Å². The van der Waals surface area contributed by atoms with E-state index in [4.69, 9.17) is 9.47 Å². The highest BCUT2D eigenvalue weighted by molar-refractivity contribution is 7.99. The molecule has 0 atom stereocenters. The summed E-state index contributed by atoms with van der Waals surface area (Å²) < 4.78 is 10.6. The fourth-order valence-electron chi connectivity index (χ4n) is 5.15. The van der Waals surface area contributed by atoms with Crippen molar-refractivity contribution in [2.75, 3.05) is 52.0 Å². The Labute approximate surface area is 294 Å². The zero-order valence-electron chi connectivity index (χ0n) is 31.0. The molecule has 0 aliphatic rings. The third kappa shape index (κ3) is 33.9. The Morgan fingerprint density at radius 3 is 1.43 bits per heavy atom. The lowest BCUT2D eigenvalue weighted by molar-refractivity contribution is -0.143. The SMILES string of the molecule is CCCCCC/C=C\COC(=O)CCCCCCCN(CCCCCCCC(=O)OC/C=C\CCCCCC)C(=O)CSCN(C)C. The molecule has 0 bridgehead atoms. The van der Waals surface area contributed by atoms with Gasteiger partial charge in [0.15, 0.2) is 0 Å². The molecule has 8 heteroatoms. The quantitative estimate of drug-likeness (QED) is 0.0290. The van der Waals surface area contributed by atoms with Crippen LogP contribution in [0.5, 0.6) is 0 Å². The second-order valence-electron chi connectivity index (χ2n) is 13.0. The van der Waals surface area contributed by atoms with E-state index in [1.54, 1.807) is 11.8 Å². The van der Waals surface area contributed by atoms with E-state index in [0.717, 1.165) is 96.0 Å². The Morgan fingerprint density at radius 1 is 0.553 bits per heavy atom. The number of unbranched alkanes of at least 4 members (excludes halogenated alkanes) is 16. The van der Waals surface area contributed by atoms with Crippen molar-refractivity contribution in [3.05, 3.63) is 24.3 Å². The summed E-state index contributed by atoms with van der Waals surface area (Å²) in [6, 6.07) is 0. The fraction of sp³-hybridized carbons (Fsp3) is 0.821. The summed E-state index contributed by atoms with van der Waals surface area (Å²) in [5.74, 6) is 1.37. The van der Waals surface area contributed by atoms with Crippen LogP contribution in [0, 0.1) is 0 Å². The van der Waals surface area contributed by atoms with Crippen molar-refractivity contribution in [2.45, 2.75) is 155 Å². The van der Waals surface area contributed by atoms with E-state index in [0.29, 0.717) is 31.8 Å². The summed E-state index contributed by atoms with van der Waals surface area (Å²) in [4.78, 5) is 41.0. The maximum atomic E-state index is 13.0. The average Bonchev–Trinajstić information content (AvgIpc) is 3.05. The number of thioether (sulfide) groups is 1. The third-order valence-corrected chi connectivity index (χ3v) is 9.16. The number of hydrogen-bond acceptors (Lipinski definition) is 7. The van der Waals surface area contributed by atoms with Gasteiger partial charge in [-0.1, -0.05) is 115 Å². The second-order valence-corrected chi connectivity index (χ2v) is 13.9. The largest absolute Gasteiger partial charge is 0.461 e. The topological polar surface area (TPSA) is 76.1 Å². The van der Waals surface area contributed by atoms with Crippen molar-refractivity contribution >= 4 is 29.6 Å². The highest BCUT2D eigenvalue weighted by Crippen LogP contribution is 2.12. The van der Waals surface area contributed by atoms with E-state index in [9.17, 15) is 14.4 Å². The van der Waals surface area contributed by atoms with E-state index in [1.165, 1.54) is 51.4 Å². The van der Waals surface area contributed by atoms with E-state index in [-0.39, 0.29) is 17.8 Å². The molecule has 0 aliphatic carbocycles. The number of esters is 2. The van der Waals surface area contributed by atoms with Crippen molar-refractivity contribution in [3.63, 3.8) is 0 Å². The smallest absolute Gasteiger partial charge is 0.306 e. The average molecular weight is 681 g/mol. The van der Waals surface area contributed by atoms with Gasteiger partial charge in [0.25, 0.3) is 0 Å². The number of ether oxygens (including phenoxy) is 2. The number of carbonyl (C=O) groups is 3. The molecular formula is C39H72N2O5S. The minimum atomic E-state index is -0.108. The molecule has 0 saturated heterocycles. The number of rotatable bonds is 34. The maximum absolute atomic E-state index is 13.0. The van der Waals surface area contributed by atoms with Crippen LogP contribution in [0.25, 0.3) is 0 Å². The number of hydrogen-bond donors (Lipinski definition) is 0. The van der Waals surface area contributed by atoms with Gasteiger partial charge in [-0.05, 0) is 65.5 Å². The van der Waals surface area contributed by atoms with Crippen LogP contribution in [0.2, 0.25) is 0 Å². The lowest BCUT2D eigenvalue weighted by Crippen LogP contribution is -2.34. The van der Waals surface area contributed by atoms with Crippen LogP contribution < -0.4 is 0 Å². The van der Waals surface area contributed by atoms with Gasteiger partial charge >= 0.3 is 11.9 Å². The predicted octanol–water partition coefficient (Wildman–Crippen LogP) is 9.89. The molecule has 7 nitrogen and oxygen atoms in total. The molecule has 0 aromatic heterocycles. The summed E-state index contributed by atoms with van der Waals surface area (Å²) in [6.45, 7) is 6.80. The summed E-state index contributed by atoms with van der Waals surface area (Å²) in [5.41, 5.74) is 0. The van der Waals surface area contributed by atoms with Gasteiger partial charge < -0.3 is 19.3 Å². The first kappa shape index (κ1) is 45.2. The Bertz CT molecular complexity index is 750. The van der Waals surface area contributed by atoms with E-state index < -0.39 is 0 Å². The monoisotopic (exact) mass is 681 g/mol. The molecule has 0 aromatic rings. The summed E-state index contributed by atoms with van der Waals surface area (Å²) in [5, 5.41) is 0. The number of allylic oxidation sites excluding steroid dienone is 2. The van der Waals surface area contributed by atoms with Crippen LogP contribution in [0.3, 0.4) is 0 Å². The normalized spacial score (nSPS) is 11.6. The molecule has 0 heterocycles. The first-order valence-corrected chi connectivity index (χ1v) is 20.2. The van der Waals surface area contributed by atoms with Gasteiger partial charge in [-0.3, -0.25) is 14.4 Å². The van der Waals surface area contributed by atoms with Gasteiger partial charge in [0.05, 0.1) is 5.75 Å². The molecule has 0 saturated carbocycles. The number of nitrogens with zero attached hydrogens (tertiary/aromatic N) is 2. The third-order valence-electron chi connectivity index (χ3n) is 8.01. The minimum Gasteiger partial charge on any atom is -0.461 e. The summed E-state index contributed by atoms with van der Waals surface area (Å²) in [7, 11) is 4.05. The first-order valence-electron chi connectivity index (χ1n) is 19.0. The van der Waals surface area contributed by atoms with Gasteiger partial charge in [-0.2, -0.15) is 0 Å². The Kier molecular flexibility index (Phi) is 34.1. The molecule has 0 unspecified atom stereocenters. The van der Waals surface area contributed by atoms with Gasteiger partial charge in [-0.15, -0.1) is 11.8 Å². The standard InChI is InChI=1S/C39H72N2O5S/c1-5-7-9-11-13-21-27-33-45-38(43)29-23-17-15-19-25-31-41(37(42)35-47-36-40(3)4)32-26-20-16-18-24-30-39(44)46-34-28-22-14-12-10-8-6-2/h21-22,27-28H,5-20,23-26,29-36H2,1-4H3/b27-21-,28-22-. The van der Waals surface area contributed by atoms with Gasteiger partial charge in [0.1, 0.15) is 13.2 Å². The maximum Gasteiger partial charge on any atom is 0.306 e. The number of carbonyl (C=O) groups excluding carboxylic acids is 3. The van der Waals surface area contributed by atoms with Crippen LogP contribution in [0.15, 0.2) is 24.3 Å². The molecule has 274 valence electrons. The zero-order chi connectivity index (χ0) is 34.6. The molecule has 0 fully saturated rings. The Morgan fingerprint density at radius 2 is 0.979 bits per heavy atom. The van der Waals surface area contributed by atoms with E-state index >= 15 is 0 Å². The number of amides is 1. The Hall–Kier alpha value is -1.80. The lowest BCUT2D eigenvalue weighted by atomic mass is 10.1. The van der Waals surface area contributed by atoms with Crippen molar-refractivity contribution in [2.24, 2.45) is 0 Å². The van der Waals surface area contributed by atoms with Crippen molar-refractivity contribution in [3.8, 4) is 0 Å². The zero-order valence-corrected chi connectivity index (χ0v) is 31.8. The van der Waals surface area contributed by atoms with E-state index in [2.05, 4.69) is 30.9 Å². The molecule has 1 amide bonds. The van der Waals surface area contributed by atoms with Gasteiger partial charge in [-0.25, -0.2) is 0 Å². The van der Waals surface area contributed by atoms with Crippen LogP contribution in [-0.2, 0) is 23.9 Å². The molecule has 0 rings (SSSR count). The van der Waals surface area contributed by atoms with Crippen molar-refractivity contribution in [1.82, 2.24) is 9.80 Å². The second kappa shape index (κ2) is 35.5. The first-order chi connectivity index (χ1) is 22.9. The van der Waals surface area contributed by atoms with Crippen LogP contribution in [0.4, 0.5) is 0 Å². The molecular weight excluding hydrogens is 609 g/mol. The minimum absolute atomic E-state index is 0.108. The molecule has 0 aromatic carbocycles. The molecule has 0 radical (unpaired) electrons. The lowest BCUT2D eigenvalue weighted by Gasteiger charge is -2.23. The molecule has 0 N–H and O–H groups in total. The molecule has 47 heavy (non-hydrogen) atoms. The van der Waals surface area contributed by atoms with Gasteiger partial charge in [0, 0.05) is 31.8 Å². The molecule has 0 aliphatic heterocycles. The van der Waals surface area contributed by atoms with Crippen molar-refractivity contribution in [1.29, 1.82) is 0 Å². The van der Waals surface area contributed by atoms with Crippen molar-refractivity contribution < 1.29 is 23.9 Å². The van der Waals surface area contributed by atoms with Gasteiger partial charge in [0.2, 0.25) is 5.91 Å². The van der Waals surface area contributed by atoms with Crippen LogP contribution in [-0.4, -0.2) is 79.7 Å². The highest BCUT2D eigenvalue weighted by atomic mass is 32.2. The van der Waals surface area contributed by atoms with Crippen LogP contribution >= 0.6 is 11.8 Å². The molecule has 0 spiro atoms. The Balaban J connectivity index is 4.07. The highest BCUT2D eigenvalue weighted by Gasteiger charge is 2.13. The predicted molar refractivity (Wildman–Crippen MR) is 201 cm³/mol. The summed E-state index contributed by atoms with van der Waals surface area (Å²) >= 11 is 1.67. The summed E-state index contributed by atoms with van der Waals surface area (Å²) in [6.07, 6.45) is 31.3. The fourth-order valence-corrected chi connectivity index (χ4v) is 5.96.